The second kappa shape index (κ2) is 6.77. The summed E-state index contributed by atoms with van der Waals surface area (Å²) in [5.41, 5.74) is 2.17. The summed E-state index contributed by atoms with van der Waals surface area (Å²) >= 11 is 0. The number of nitrogens with zero attached hydrogens (tertiary/aromatic N) is 3. The van der Waals surface area contributed by atoms with Crippen LogP contribution in [0.15, 0.2) is 18.9 Å². The van der Waals surface area contributed by atoms with Crippen molar-refractivity contribution in [2.75, 3.05) is 13.6 Å². The number of carbonyl (C=O) groups excluding carboxylic acids is 2. The second-order valence-corrected chi connectivity index (χ2v) is 6.02. The first-order valence-electron chi connectivity index (χ1n) is 7.67. The molecule has 0 fully saturated rings. The highest BCUT2D eigenvalue weighted by atomic mass is 16.2. The Morgan fingerprint density at radius 2 is 2.32 bits per heavy atom. The predicted molar refractivity (Wildman–Crippen MR) is 84.3 cm³/mol. The van der Waals surface area contributed by atoms with E-state index in [1.165, 1.54) is 16.5 Å². The van der Waals surface area contributed by atoms with Gasteiger partial charge in [-0.25, -0.2) is 0 Å². The Balaban J connectivity index is 2.04. The maximum absolute atomic E-state index is 12.1. The van der Waals surface area contributed by atoms with E-state index in [1.807, 2.05) is 4.68 Å². The lowest BCUT2D eigenvalue weighted by Crippen LogP contribution is -2.40. The molecule has 1 aromatic heterocycles. The van der Waals surface area contributed by atoms with E-state index in [0.29, 0.717) is 6.04 Å². The van der Waals surface area contributed by atoms with Crippen molar-refractivity contribution < 1.29 is 9.59 Å². The highest BCUT2D eigenvalue weighted by Gasteiger charge is 2.26. The van der Waals surface area contributed by atoms with E-state index < -0.39 is 0 Å². The normalized spacial score (nSPS) is 17.0. The second-order valence-electron chi connectivity index (χ2n) is 6.02. The van der Waals surface area contributed by atoms with Crippen LogP contribution in [0.1, 0.15) is 50.0 Å². The summed E-state index contributed by atoms with van der Waals surface area (Å²) in [6, 6.07) is 0.238. The third kappa shape index (κ3) is 3.55. The zero-order valence-corrected chi connectivity index (χ0v) is 13.5. The van der Waals surface area contributed by atoms with Gasteiger partial charge in [-0.1, -0.05) is 6.58 Å². The molecule has 1 unspecified atom stereocenters. The monoisotopic (exact) mass is 304 g/mol. The fourth-order valence-electron chi connectivity index (χ4n) is 2.66. The van der Waals surface area contributed by atoms with Gasteiger partial charge in [-0.3, -0.25) is 14.3 Å². The molecule has 0 radical (unpaired) electrons. The molecule has 1 aliphatic carbocycles. The number of aryl methyl sites for hydroxylation is 1. The highest BCUT2D eigenvalue weighted by Crippen LogP contribution is 2.29. The van der Waals surface area contributed by atoms with Crippen molar-refractivity contribution in [2.24, 2.45) is 0 Å². The summed E-state index contributed by atoms with van der Waals surface area (Å²) in [6.07, 6.45) is 6.20. The first-order valence-corrected chi connectivity index (χ1v) is 7.67. The van der Waals surface area contributed by atoms with Crippen LogP contribution in [0.5, 0.6) is 0 Å². The number of hydrogen-bond acceptors (Lipinski definition) is 3. The van der Waals surface area contributed by atoms with Crippen molar-refractivity contribution in [3.8, 4) is 0 Å². The summed E-state index contributed by atoms with van der Waals surface area (Å²) < 4.78 is 1.95. The minimum absolute atomic E-state index is 0.0293. The molecule has 1 aliphatic rings. The van der Waals surface area contributed by atoms with Crippen molar-refractivity contribution >= 4 is 11.8 Å². The van der Waals surface area contributed by atoms with Gasteiger partial charge in [0.1, 0.15) is 0 Å². The third-order valence-electron chi connectivity index (χ3n) is 3.91. The van der Waals surface area contributed by atoms with Gasteiger partial charge in [0.15, 0.2) is 0 Å². The standard InChI is InChI=1S/C16H24N4O2/c1-5-15(22)19(4)10-14(21)17-13-8-6-7-12-9-20(11(2)3)18-16(12)13/h5,9,11,13H,1,6-8,10H2,2-4H3,(H,17,21). The number of likely N-dealkylation sites (N-methyl/N-ethyl adjacent to an activating group) is 1. The van der Waals surface area contributed by atoms with Gasteiger partial charge >= 0.3 is 0 Å². The first kappa shape index (κ1) is 16.3. The number of carbonyl (C=O) groups is 2. The Bertz CT molecular complexity index is 577. The van der Waals surface area contributed by atoms with Crippen LogP contribution in [-0.4, -0.2) is 40.1 Å². The quantitative estimate of drug-likeness (QED) is 0.840. The number of rotatable bonds is 5. The number of nitrogens with one attached hydrogen (secondary N) is 1. The molecule has 0 spiro atoms. The topological polar surface area (TPSA) is 67.2 Å². The summed E-state index contributed by atoms with van der Waals surface area (Å²) in [6.45, 7) is 7.62. The van der Waals surface area contributed by atoms with E-state index in [9.17, 15) is 9.59 Å². The average Bonchev–Trinajstić information content (AvgIpc) is 2.91. The molecule has 0 saturated heterocycles. The summed E-state index contributed by atoms with van der Waals surface area (Å²) in [5, 5.41) is 7.61. The van der Waals surface area contributed by atoms with Crippen molar-refractivity contribution in [3.63, 3.8) is 0 Å². The van der Waals surface area contributed by atoms with Crippen LogP contribution in [0, 0.1) is 0 Å². The predicted octanol–water partition coefficient (Wildman–Crippen LogP) is 1.60. The molecule has 1 N–H and O–H groups in total. The number of hydrogen-bond donors (Lipinski definition) is 1. The van der Waals surface area contributed by atoms with Crippen molar-refractivity contribution in [3.05, 3.63) is 30.1 Å². The minimum atomic E-state index is -0.261. The fourth-order valence-corrected chi connectivity index (χ4v) is 2.66. The van der Waals surface area contributed by atoms with Crippen LogP contribution in [0.4, 0.5) is 0 Å². The van der Waals surface area contributed by atoms with E-state index in [2.05, 4.69) is 37.0 Å². The van der Waals surface area contributed by atoms with Crippen LogP contribution in [-0.2, 0) is 16.0 Å². The summed E-state index contributed by atoms with van der Waals surface area (Å²) in [5.74, 6) is -0.432. The van der Waals surface area contributed by atoms with E-state index >= 15 is 0 Å². The van der Waals surface area contributed by atoms with Crippen LogP contribution in [0.2, 0.25) is 0 Å². The molecule has 2 amide bonds. The lowest BCUT2D eigenvalue weighted by Gasteiger charge is -2.23. The maximum Gasteiger partial charge on any atom is 0.246 e. The van der Waals surface area contributed by atoms with Crippen molar-refractivity contribution in [2.45, 2.75) is 45.2 Å². The molecule has 22 heavy (non-hydrogen) atoms. The maximum atomic E-state index is 12.1. The van der Waals surface area contributed by atoms with Gasteiger partial charge in [-0.05, 0) is 44.7 Å². The van der Waals surface area contributed by atoms with Crippen LogP contribution >= 0.6 is 0 Å². The minimum Gasteiger partial charge on any atom is -0.346 e. The average molecular weight is 304 g/mol. The third-order valence-corrected chi connectivity index (χ3v) is 3.91. The van der Waals surface area contributed by atoms with Crippen LogP contribution < -0.4 is 5.32 Å². The Kier molecular flexibility index (Phi) is 5.00. The molecular formula is C16H24N4O2. The number of aromatic nitrogens is 2. The zero-order valence-electron chi connectivity index (χ0n) is 13.5. The molecule has 6 heteroatoms. The van der Waals surface area contributed by atoms with E-state index in [-0.39, 0.29) is 24.4 Å². The molecule has 0 saturated carbocycles. The van der Waals surface area contributed by atoms with Gasteiger partial charge in [-0.2, -0.15) is 5.10 Å². The molecule has 0 bridgehead atoms. The first-order chi connectivity index (χ1) is 10.4. The molecule has 1 aromatic rings. The van der Waals surface area contributed by atoms with E-state index in [1.54, 1.807) is 7.05 Å². The Morgan fingerprint density at radius 3 is 2.95 bits per heavy atom. The fraction of sp³-hybridized carbons (Fsp3) is 0.562. The Morgan fingerprint density at radius 1 is 1.59 bits per heavy atom. The molecule has 0 aromatic carbocycles. The molecule has 6 nitrogen and oxygen atoms in total. The number of fused-ring (bicyclic) bond motifs is 1. The van der Waals surface area contributed by atoms with Gasteiger partial charge in [0.05, 0.1) is 18.3 Å². The zero-order chi connectivity index (χ0) is 16.3. The van der Waals surface area contributed by atoms with Crippen LogP contribution in [0.25, 0.3) is 0 Å². The smallest absolute Gasteiger partial charge is 0.246 e. The Labute approximate surface area is 131 Å². The lowest BCUT2D eigenvalue weighted by atomic mass is 9.94. The van der Waals surface area contributed by atoms with Gasteiger partial charge < -0.3 is 10.2 Å². The van der Waals surface area contributed by atoms with E-state index in [4.69, 9.17) is 0 Å². The molecule has 1 heterocycles. The van der Waals surface area contributed by atoms with Crippen molar-refractivity contribution in [1.82, 2.24) is 20.0 Å². The molecule has 120 valence electrons. The summed E-state index contributed by atoms with van der Waals surface area (Å²) in [4.78, 5) is 24.9. The molecular weight excluding hydrogens is 280 g/mol. The highest BCUT2D eigenvalue weighted by molar-refractivity contribution is 5.90. The van der Waals surface area contributed by atoms with Gasteiger partial charge in [0.25, 0.3) is 0 Å². The number of amides is 2. The SMILES string of the molecule is C=CC(=O)N(C)CC(=O)NC1CCCc2cn(C(C)C)nc21. The molecule has 1 atom stereocenters. The van der Waals surface area contributed by atoms with Gasteiger partial charge in [-0.15, -0.1) is 0 Å². The Hall–Kier alpha value is -2.11. The van der Waals surface area contributed by atoms with Crippen LogP contribution in [0.3, 0.4) is 0 Å². The van der Waals surface area contributed by atoms with E-state index in [0.717, 1.165) is 25.0 Å². The molecule has 2 rings (SSSR count). The molecule has 0 aliphatic heterocycles. The van der Waals surface area contributed by atoms with Gasteiger partial charge in [0.2, 0.25) is 11.8 Å². The lowest BCUT2D eigenvalue weighted by molar-refractivity contribution is -0.131. The van der Waals surface area contributed by atoms with Crippen molar-refractivity contribution in [1.29, 1.82) is 0 Å². The van der Waals surface area contributed by atoms with Gasteiger partial charge in [0, 0.05) is 19.3 Å². The largest absolute Gasteiger partial charge is 0.346 e. The summed E-state index contributed by atoms with van der Waals surface area (Å²) in [7, 11) is 1.59.